The molecule has 0 radical (unpaired) electrons. The predicted octanol–water partition coefficient (Wildman–Crippen LogP) is 3.57. The summed E-state index contributed by atoms with van der Waals surface area (Å²) in [6, 6.07) is 8.00. The van der Waals surface area contributed by atoms with E-state index in [4.69, 9.17) is 0 Å². The Bertz CT molecular complexity index is 839. The molecule has 3 aromatic rings. The van der Waals surface area contributed by atoms with Crippen LogP contribution in [-0.2, 0) is 6.54 Å². The molecule has 1 aromatic carbocycles. The first-order valence-electron chi connectivity index (χ1n) is 6.75. The van der Waals surface area contributed by atoms with Crippen LogP contribution in [0.3, 0.4) is 0 Å². The molecule has 0 amide bonds. The van der Waals surface area contributed by atoms with Gasteiger partial charge in [-0.25, -0.2) is 23.7 Å². The summed E-state index contributed by atoms with van der Waals surface area (Å²) in [6.07, 6.45) is 2.79. The lowest BCUT2D eigenvalue weighted by molar-refractivity contribution is 0.574. The Balaban J connectivity index is 1.79. The van der Waals surface area contributed by atoms with Crippen molar-refractivity contribution in [2.75, 3.05) is 5.32 Å². The van der Waals surface area contributed by atoms with Crippen LogP contribution in [0.4, 0.5) is 19.0 Å². The quantitative estimate of drug-likeness (QED) is 0.748. The highest BCUT2D eigenvalue weighted by molar-refractivity contribution is 5.56. The van der Waals surface area contributed by atoms with Crippen LogP contribution in [0.15, 0.2) is 48.8 Å². The van der Waals surface area contributed by atoms with Crippen LogP contribution >= 0.6 is 0 Å². The van der Waals surface area contributed by atoms with Crippen LogP contribution in [0.25, 0.3) is 11.4 Å². The van der Waals surface area contributed by atoms with Gasteiger partial charge in [-0.15, -0.1) is 0 Å². The minimum Gasteiger partial charge on any atom is -0.366 e. The molecule has 3 rings (SSSR count). The summed E-state index contributed by atoms with van der Waals surface area (Å²) < 4.78 is 40.1. The molecule has 4 nitrogen and oxygen atoms in total. The van der Waals surface area contributed by atoms with Gasteiger partial charge in [0.05, 0.1) is 5.56 Å². The van der Waals surface area contributed by atoms with Gasteiger partial charge in [0, 0.05) is 30.6 Å². The van der Waals surface area contributed by atoms with E-state index in [1.807, 2.05) is 0 Å². The number of halogens is 3. The molecule has 0 saturated heterocycles. The molecule has 0 bridgehead atoms. The van der Waals surface area contributed by atoms with Crippen LogP contribution in [0, 0.1) is 17.6 Å². The van der Waals surface area contributed by atoms with Crippen molar-refractivity contribution in [3.8, 4) is 11.4 Å². The van der Waals surface area contributed by atoms with Crippen LogP contribution in [0.5, 0.6) is 0 Å². The van der Waals surface area contributed by atoms with Crippen molar-refractivity contribution in [1.82, 2.24) is 15.0 Å². The Labute approximate surface area is 130 Å². The number of nitrogens with one attached hydrogen (secondary N) is 1. The first-order valence-corrected chi connectivity index (χ1v) is 6.75. The van der Waals surface area contributed by atoms with Crippen molar-refractivity contribution in [2.45, 2.75) is 6.54 Å². The van der Waals surface area contributed by atoms with E-state index in [0.717, 1.165) is 6.07 Å². The van der Waals surface area contributed by atoms with Crippen molar-refractivity contribution in [3.63, 3.8) is 0 Å². The maximum Gasteiger partial charge on any atom is 0.223 e. The van der Waals surface area contributed by atoms with Crippen LogP contribution in [0.2, 0.25) is 0 Å². The van der Waals surface area contributed by atoms with E-state index >= 15 is 0 Å². The first-order chi connectivity index (χ1) is 11.1. The summed E-state index contributed by atoms with van der Waals surface area (Å²) in [5.41, 5.74) is 0.461. The molecule has 0 aliphatic heterocycles. The average molecular weight is 316 g/mol. The Morgan fingerprint density at radius 1 is 0.957 bits per heavy atom. The Morgan fingerprint density at radius 2 is 1.83 bits per heavy atom. The highest BCUT2D eigenvalue weighted by Gasteiger charge is 2.09. The van der Waals surface area contributed by atoms with Gasteiger partial charge in [0.1, 0.15) is 17.5 Å². The number of rotatable bonds is 4. The van der Waals surface area contributed by atoms with E-state index in [1.54, 1.807) is 12.1 Å². The van der Waals surface area contributed by atoms with Gasteiger partial charge in [-0.05, 0) is 24.3 Å². The molecule has 0 fully saturated rings. The topological polar surface area (TPSA) is 50.7 Å². The zero-order valence-corrected chi connectivity index (χ0v) is 11.8. The van der Waals surface area contributed by atoms with Gasteiger partial charge in [0.25, 0.3) is 0 Å². The molecule has 116 valence electrons. The van der Waals surface area contributed by atoms with Gasteiger partial charge in [0.2, 0.25) is 5.95 Å². The van der Waals surface area contributed by atoms with E-state index in [2.05, 4.69) is 20.3 Å². The zero-order chi connectivity index (χ0) is 16.2. The number of nitrogens with zero attached hydrogens (tertiary/aromatic N) is 3. The van der Waals surface area contributed by atoms with Gasteiger partial charge < -0.3 is 5.32 Å². The zero-order valence-electron chi connectivity index (χ0n) is 11.8. The molecule has 0 aliphatic rings. The van der Waals surface area contributed by atoms with Crippen molar-refractivity contribution < 1.29 is 13.2 Å². The Kier molecular flexibility index (Phi) is 4.18. The maximum absolute atomic E-state index is 13.7. The van der Waals surface area contributed by atoms with E-state index in [-0.39, 0.29) is 17.9 Å². The molecule has 0 saturated carbocycles. The van der Waals surface area contributed by atoms with E-state index in [1.165, 1.54) is 30.6 Å². The molecular weight excluding hydrogens is 305 g/mol. The second kappa shape index (κ2) is 6.43. The van der Waals surface area contributed by atoms with Gasteiger partial charge in [-0.2, -0.15) is 4.39 Å². The fraction of sp³-hybridized carbons (Fsp3) is 0.0625. The largest absolute Gasteiger partial charge is 0.366 e. The normalized spacial score (nSPS) is 10.6. The third kappa shape index (κ3) is 3.45. The monoisotopic (exact) mass is 316 g/mol. The second-order valence-electron chi connectivity index (χ2n) is 4.70. The summed E-state index contributed by atoms with van der Waals surface area (Å²) >= 11 is 0. The third-order valence-electron chi connectivity index (χ3n) is 3.13. The van der Waals surface area contributed by atoms with Crippen LogP contribution in [-0.4, -0.2) is 15.0 Å². The predicted molar refractivity (Wildman–Crippen MR) is 78.9 cm³/mol. The van der Waals surface area contributed by atoms with Crippen molar-refractivity contribution in [1.29, 1.82) is 0 Å². The fourth-order valence-corrected chi connectivity index (χ4v) is 1.99. The highest BCUT2D eigenvalue weighted by Crippen LogP contribution is 2.18. The minimum absolute atomic E-state index is 0.109. The lowest BCUT2D eigenvalue weighted by Gasteiger charge is -2.08. The fourth-order valence-electron chi connectivity index (χ4n) is 1.99. The number of hydrogen-bond acceptors (Lipinski definition) is 4. The Hall–Kier alpha value is -2.96. The van der Waals surface area contributed by atoms with Crippen molar-refractivity contribution in [3.05, 3.63) is 71.9 Å². The number of pyridine rings is 1. The standard InChI is InChI=1S/C16H11F3N4/c17-11-4-3-10(13(18)8-11)9-22-14-5-7-21-16(23-14)12-2-1-6-20-15(12)19/h1-8H,9H2,(H,21,22,23). The second-order valence-corrected chi connectivity index (χ2v) is 4.70. The summed E-state index contributed by atoms with van der Waals surface area (Å²) in [7, 11) is 0. The van der Waals surface area contributed by atoms with E-state index in [9.17, 15) is 13.2 Å². The highest BCUT2D eigenvalue weighted by atomic mass is 19.1. The van der Waals surface area contributed by atoms with Gasteiger partial charge in [0.15, 0.2) is 5.82 Å². The number of aromatic nitrogens is 3. The molecule has 0 unspecified atom stereocenters. The smallest absolute Gasteiger partial charge is 0.223 e. The van der Waals surface area contributed by atoms with Gasteiger partial charge in [-0.1, -0.05) is 6.07 Å². The third-order valence-corrected chi connectivity index (χ3v) is 3.13. The van der Waals surface area contributed by atoms with Gasteiger partial charge >= 0.3 is 0 Å². The summed E-state index contributed by atoms with van der Waals surface area (Å²) in [5.74, 6) is -1.40. The summed E-state index contributed by atoms with van der Waals surface area (Å²) in [6.45, 7) is 0.109. The SMILES string of the molecule is Fc1ccc(CNc2ccnc(-c3cccnc3F)n2)c(F)c1. The molecule has 7 heteroatoms. The molecule has 0 atom stereocenters. The number of anilines is 1. The minimum atomic E-state index is -0.672. The molecular formula is C16H11F3N4. The first kappa shape index (κ1) is 15.0. The number of hydrogen-bond donors (Lipinski definition) is 1. The summed E-state index contributed by atoms with van der Waals surface area (Å²) in [5, 5.41) is 2.89. The van der Waals surface area contributed by atoms with E-state index in [0.29, 0.717) is 11.4 Å². The molecule has 2 heterocycles. The molecule has 2 aromatic heterocycles. The van der Waals surface area contributed by atoms with Gasteiger partial charge in [-0.3, -0.25) is 0 Å². The van der Waals surface area contributed by atoms with Crippen LogP contribution in [0.1, 0.15) is 5.56 Å². The molecule has 23 heavy (non-hydrogen) atoms. The Morgan fingerprint density at radius 3 is 2.61 bits per heavy atom. The number of benzene rings is 1. The molecule has 1 N–H and O–H groups in total. The van der Waals surface area contributed by atoms with Crippen molar-refractivity contribution in [2.24, 2.45) is 0 Å². The lowest BCUT2D eigenvalue weighted by Crippen LogP contribution is -2.05. The maximum atomic E-state index is 13.7. The molecule has 0 spiro atoms. The van der Waals surface area contributed by atoms with Crippen molar-refractivity contribution >= 4 is 5.82 Å². The average Bonchev–Trinajstić information content (AvgIpc) is 2.55. The lowest BCUT2D eigenvalue weighted by atomic mass is 10.2. The molecule has 0 aliphatic carbocycles. The van der Waals surface area contributed by atoms with E-state index < -0.39 is 17.6 Å². The van der Waals surface area contributed by atoms with Crippen LogP contribution < -0.4 is 5.32 Å². The summed E-state index contributed by atoms with van der Waals surface area (Å²) in [4.78, 5) is 11.7.